The van der Waals surface area contributed by atoms with Gasteiger partial charge in [-0.3, -0.25) is 4.79 Å². The number of nitrogens with one attached hydrogen (secondary N) is 1. The highest BCUT2D eigenvalue weighted by molar-refractivity contribution is 7.89. The van der Waals surface area contributed by atoms with Crippen LogP contribution in [0.5, 0.6) is 0 Å². The number of hydrogen-bond donors (Lipinski definition) is 1. The summed E-state index contributed by atoms with van der Waals surface area (Å²) in [6.45, 7) is 0.762. The van der Waals surface area contributed by atoms with Crippen LogP contribution in [0.1, 0.15) is 17.5 Å². The Balaban J connectivity index is 1.49. The number of carbonyl (C=O) groups excluding carboxylic acids is 1. The molecule has 0 spiro atoms. The third kappa shape index (κ3) is 4.14. The van der Waals surface area contributed by atoms with Crippen LogP contribution in [0, 0.1) is 11.3 Å². The fraction of sp³-hybridized carbons (Fsp3) is 0.190. The van der Waals surface area contributed by atoms with Crippen LogP contribution in [-0.4, -0.2) is 36.8 Å². The Bertz CT molecular complexity index is 1290. The molecule has 1 amide bonds. The first-order valence-corrected chi connectivity index (χ1v) is 11.1. The molecule has 0 bridgehead atoms. The first-order valence-electron chi connectivity index (χ1n) is 9.22. The van der Waals surface area contributed by atoms with E-state index in [0.29, 0.717) is 41.1 Å². The van der Waals surface area contributed by atoms with Gasteiger partial charge in [0.05, 0.1) is 22.0 Å². The average Bonchev–Trinajstić information content (AvgIpc) is 3.06. The van der Waals surface area contributed by atoms with Crippen molar-refractivity contribution >= 4 is 38.4 Å². The van der Waals surface area contributed by atoms with Crippen LogP contribution >= 0.6 is 11.6 Å². The van der Waals surface area contributed by atoms with E-state index in [0.717, 1.165) is 5.56 Å². The smallest absolute Gasteiger partial charge is 0.241 e. The van der Waals surface area contributed by atoms with E-state index >= 15 is 0 Å². The van der Waals surface area contributed by atoms with Crippen molar-refractivity contribution in [2.45, 2.75) is 23.9 Å². The molecule has 152 valence electrons. The topological polar surface area (TPSA) is 103 Å². The molecule has 1 saturated heterocycles. The number of pyridine rings is 1. The molecular formula is C21H17ClN4O3S. The second-order valence-corrected chi connectivity index (χ2v) is 9.12. The predicted octanol–water partition coefficient (Wildman–Crippen LogP) is 2.84. The van der Waals surface area contributed by atoms with Crippen molar-refractivity contribution in [2.75, 3.05) is 6.54 Å². The summed E-state index contributed by atoms with van der Waals surface area (Å²) in [6, 6.07) is 16.1. The number of aromatic nitrogens is 1. The van der Waals surface area contributed by atoms with Crippen molar-refractivity contribution in [1.82, 2.24) is 14.6 Å². The summed E-state index contributed by atoms with van der Waals surface area (Å²) in [4.78, 5) is 18.5. The van der Waals surface area contributed by atoms with E-state index in [1.807, 2.05) is 6.07 Å². The summed E-state index contributed by atoms with van der Waals surface area (Å²) in [5, 5.41) is 9.98. The molecule has 0 unspecified atom stereocenters. The first-order chi connectivity index (χ1) is 14.4. The minimum atomic E-state index is -3.89. The number of hydrogen-bond acceptors (Lipinski definition) is 5. The molecule has 2 heterocycles. The maximum atomic E-state index is 12.8. The lowest BCUT2D eigenvalue weighted by atomic mass is 10.1. The number of fused-ring (bicyclic) bond motifs is 1. The highest BCUT2D eigenvalue weighted by Gasteiger charge is 2.35. The molecule has 4 rings (SSSR count). The zero-order chi connectivity index (χ0) is 21.3. The lowest BCUT2D eigenvalue weighted by molar-refractivity contribution is -0.129. The Morgan fingerprint density at radius 2 is 2.03 bits per heavy atom. The summed E-state index contributed by atoms with van der Waals surface area (Å²) in [5.74, 6) is -0.282. The Kier molecular flexibility index (Phi) is 5.43. The van der Waals surface area contributed by atoms with Gasteiger partial charge in [-0.15, -0.1) is 0 Å². The molecule has 3 aromatic rings. The van der Waals surface area contributed by atoms with E-state index in [1.54, 1.807) is 41.3 Å². The number of rotatable bonds is 5. The van der Waals surface area contributed by atoms with Gasteiger partial charge in [0, 0.05) is 18.5 Å². The van der Waals surface area contributed by atoms with Gasteiger partial charge in [0.1, 0.15) is 11.2 Å². The van der Waals surface area contributed by atoms with Crippen LogP contribution < -0.4 is 4.72 Å². The van der Waals surface area contributed by atoms with Crippen LogP contribution in [-0.2, 0) is 21.4 Å². The standard InChI is InChI=1S/C21H17ClN4O3S/c22-20-7-4-16-11-17(5-6-18(16)24-20)30(28,29)25-19-8-9-26(21(19)27)13-15-3-1-2-14(10-15)12-23/h1-7,10-11,19,25H,8-9,13H2/t19-/m0/s1. The number of nitrogens with zero attached hydrogens (tertiary/aromatic N) is 3. The fourth-order valence-electron chi connectivity index (χ4n) is 3.47. The van der Waals surface area contributed by atoms with Crippen molar-refractivity contribution in [1.29, 1.82) is 5.26 Å². The Labute approximate surface area is 179 Å². The molecule has 0 saturated carbocycles. The molecular weight excluding hydrogens is 424 g/mol. The second-order valence-electron chi connectivity index (χ2n) is 7.02. The summed E-state index contributed by atoms with van der Waals surface area (Å²) >= 11 is 5.87. The number of likely N-dealkylation sites (tertiary alicyclic amines) is 1. The highest BCUT2D eigenvalue weighted by atomic mass is 35.5. The Morgan fingerprint density at radius 1 is 1.20 bits per heavy atom. The number of halogens is 1. The number of sulfonamides is 1. The average molecular weight is 441 g/mol. The molecule has 7 nitrogen and oxygen atoms in total. The van der Waals surface area contributed by atoms with Gasteiger partial charge in [0.15, 0.2) is 0 Å². The molecule has 2 aromatic carbocycles. The summed E-state index contributed by atoms with van der Waals surface area (Å²) in [6.07, 6.45) is 0.376. The number of amides is 1. The van der Waals surface area contributed by atoms with E-state index in [9.17, 15) is 13.2 Å². The zero-order valence-corrected chi connectivity index (χ0v) is 17.3. The van der Waals surface area contributed by atoms with E-state index in [4.69, 9.17) is 16.9 Å². The van der Waals surface area contributed by atoms with Crippen molar-refractivity contribution in [3.63, 3.8) is 0 Å². The number of nitriles is 1. The predicted molar refractivity (Wildman–Crippen MR) is 112 cm³/mol. The molecule has 9 heteroatoms. The van der Waals surface area contributed by atoms with E-state index in [-0.39, 0.29) is 10.8 Å². The van der Waals surface area contributed by atoms with Gasteiger partial charge < -0.3 is 4.90 Å². The van der Waals surface area contributed by atoms with Gasteiger partial charge >= 0.3 is 0 Å². The highest BCUT2D eigenvalue weighted by Crippen LogP contribution is 2.22. The van der Waals surface area contributed by atoms with Crippen LogP contribution in [0.3, 0.4) is 0 Å². The Morgan fingerprint density at radius 3 is 2.83 bits per heavy atom. The van der Waals surface area contributed by atoms with Gasteiger partial charge in [-0.05, 0) is 54.4 Å². The maximum Gasteiger partial charge on any atom is 0.241 e. The molecule has 1 aliphatic rings. The van der Waals surface area contributed by atoms with Crippen LogP contribution in [0.25, 0.3) is 10.9 Å². The van der Waals surface area contributed by atoms with Gasteiger partial charge in [-0.2, -0.15) is 9.98 Å². The normalized spacial score (nSPS) is 16.7. The van der Waals surface area contributed by atoms with Crippen molar-refractivity contribution in [3.8, 4) is 6.07 Å². The zero-order valence-electron chi connectivity index (χ0n) is 15.7. The molecule has 1 atom stereocenters. The maximum absolute atomic E-state index is 12.8. The second kappa shape index (κ2) is 8.03. The molecule has 1 N–H and O–H groups in total. The monoisotopic (exact) mass is 440 g/mol. The van der Waals surface area contributed by atoms with Gasteiger partial charge in [0.2, 0.25) is 15.9 Å². The van der Waals surface area contributed by atoms with Crippen molar-refractivity contribution in [2.24, 2.45) is 0 Å². The molecule has 0 aliphatic carbocycles. The number of carbonyl (C=O) groups is 1. The van der Waals surface area contributed by atoms with Crippen LogP contribution in [0.4, 0.5) is 0 Å². The summed E-state index contributed by atoms with van der Waals surface area (Å²) < 4.78 is 28.2. The van der Waals surface area contributed by atoms with Gasteiger partial charge in [0.25, 0.3) is 0 Å². The third-order valence-electron chi connectivity index (χ3n) is 4.96. The SMILES string of the molecule is N#Cc1cccc(CN2CC[C@H](NS(=O)(=O)c3ccc4nc(Cl)ccc4c3)C2=O)c1. The number of benzene rings is 2. The Hall–Kier alpha value is -2.99. The largest absolute Gasteiger partial charge is 0.337 e. The minimum Gasteiger partial charge on any atom is -0.337 e. The molecule has 1 aliphatic heterocycles. The minimum absolute atomic E-state index is 0.0621. The summed E-state index contributed by atoms with van der Waals surface area (Å²) in [7, 11) is -3.89. The third-order valence-corrected chi connectivity index (χ3v) is 6.64. The summed E-state index contributed by atoms with van der Waals surface area (Å²) in [5.41, 5.74) is 1.93. The van der Waals surface area contributed by atoms with Gasteiger partial charge in [-0.25, -0.2) is 13.4 Å². The van der Waals surface area contributed by atoms with E-state index in [1.165, 1.54) is 12.1 Å². The quantitative estimate of drug-likeness (QED) is 0.614. The molecule has 0 radical (unpaired) electrons. The van der Waals surface area contributed by atoms with Crippen molar-refractivity contribution in [3.05, 3.63) is 70.9 Å². The fourth-order valence-corrected chi connectivity index (χ4v) is 4.88. The lowest BCUT2D eigenvalue weighted by Gasteiger charge is -2.17. The van der Waals surface area contributed by atoms with Crippen LogP contribution in [0.2, 0.25) is 5.15 Å². The van der Waals surface area contributed by atoms with Gasteiger partial charge in [-0.1, -0.05) is 23.7 Å². The first kappa shape index (κ1) is 20.3. The van der Waals surface area contributed by atoms with Crippen LogP contribution in [0.15, 0.2) is 59.5 Å². The lowest BCUT2D eigenvalue weighted by Crippen LogP contribution is -2.41. The van der Waals surface area contributed by atoms with E-state index in [2.05, 4.69) is 15.8 Å². The molecule has 30 heavy (non-hydrogen) atoms. The van der Waals surface area contributed by atoms with Crippen molar-refractivity contribution < 1.29 is 13.2 Å². The molecule has 1 fully saturated rings. The molecule has 1 aromatic heterocycles. The van der Waals surface area contributed by atoms with E-state index < -0.39 is 16.1 Å².